The fourth-order valence-corrected chi connectivity index (χ4v) is 3.01. The van der Waals surface area contributed by atoms with Crippen LogP contribution < -0.4 is 0 Å². The molecule has 2 aromatic heterocycles. The SMILES string of the molecule is O=C1CC(c2noc(-c3ccccn3)n2)CN1Cc1cc(F)cc(F)c1. The third kappa shape index (κ3) is 3.30. The molecule has 1 amide bonds. The summed E-state index contributed by atoms with van der Waals surface area (Å²) in [6.07, 6.45) is 1.84. The summed E-state index contributed by atoms with van der Waals surface area (Å²) in [5.41, 5.74) is 0.960. The fourth-order valence-electron chi connectivity index (χ4n) is 3.01. The Balaban J connectivity index is 1.49. The van der Waals surface area contributed by atoms with E-state index in [-0.39, 0.29) is 24.8 Å². The van der Waals surface area contributed by atoms with E-state index in [1.807, 2.05) is 6.07 Å². The van der Waals surface area contributed by atoms with Crippen LogP contribution in [0.4, 0.5) is 8.78 Å². The number of carbonyl (C=O) groups excluding carboxylic acids is 1. The van der Waals surface area contributed by atoms with Crippen molar-refractivity contribution >= 4 is 5.91 Å². The zero-order chi connectivity index (χ0) is 18.1. The molecule has 6 nitrogen and oxygen atoms in total. The first-order valence-corrected chi connectivity index (χ1v) is 8.06. The number of rotatable bonds is 4. The van der Waals surface area contributed by atoms with Gasteiger partial charge >= 0.3 is 0 Å². The minimum Gasteiger partial charge on any atom is -0.338 e. The topological polar surface area (TPSA) is 72.1 Å². The van der Waals surface area contributed by atoms with Crippen molar-refractivity contribution in [2.45, 2.75) is 18.9 Å². The zero-order valence-electron chi connectivity index (χ0n) is 13.6. The van der Waals surface area contributed by atoms with Crippen molar-refractivity contribution in [3.8, 4) is 11.6 Å². The van der Waals surface area contributed by atoms with Crippen LogP contribution in [0.3, 0.4) is 0 Å². The van der Waals surface area contributed by atoms with Gasteiger partial charge in [0.2, 0.25) is 5.91 Å². The molecule has 1 aliphatic heterocycles. The molecule has 0 spiro atoms. The summed E-state index contributed by atoms with van der Waals surface area (Å²) in [4.78, 5) is 22.3. The van der Waals surface area contributed by atoms with Crippen LogP contribution in [0, 0.1) is 11.6 Å². The maximum absolute atomic E-state index is 13.3. The Morgan fingerprint density at radius 2 is 2.00 bits per heavy atom. The van der Waals surface area contributed by atoms with Crippen LogP contribution in [0.1, 0.15) is 23.7 Å². The second kappa shape index (κ2) is 6.62. The van der Waals surface area contributed by atoms with Crippen LogP contribution in [0.5, 0.6) is 0 Å². The van der Waals surface area contributed by atoms with E-state index in [0.717, 1.165) is 6.07 Å². The molecule has 1 atom stereocenters. The molecule has 8 heteroatoms. The largest absolute Gasteiger partial charge is 0.338 e. The third-order valence-corrected chi connectivity index (χ3v) is 4.20. The summed E-state index contributed by atoms with van der Waals surface area (Å²) < 4.78 is 31.9. The molecule has 0 saturated carbocycles. The quantitative estimate of drug-likeness (QED) is 0.719. The first kappa shape index (κ1) is 16.3. The van der Waals surface area contributed by atoms with E-state index in [1.165, 1.54) is 17.0 Å². The normalized spacial score (nSPS) is 17.1. The monoisotopic (exact) mass is 356 g/mol. The summed E-state index contributed by atoms with van der Waals surface area (Å²) in [6, 6.07) is 8.58. The van der Waals surface area contributed by atoms with Gasteiger partial charge in [-0.1, -0.05) is 11.2 Å². The molecule has 1 fully saturated rings. The summed E-state index contributed by atoms with van der Waals surface area (Å²) in [7, 11) is 0. The lowest BCUT2D eigenvalue weighted by molar-refractivity contribution is -0.128. The van der Waals surface area contributed by atoms with Gasteiger partial charge < -0.3 is 9.42 Å². The molecule has 132 valence electrons. The molecule has 1 saturated heterocycles. The summed E-state index contributed by atoms with van der Waals surface area (Å²) in [5, 5.41) is 3.95. The maximum Gasteiger partial charge on any atom is 0.276 e. The van der Waals surface area contributed by atoms with Crippen LogP contribution in [0.25, 0.3) is 11.6 Å². The second-order valence-electron chi connectivity index (χ2n) is 6.13. The van der Waals surface area contributed by atoms with Crippen molar-refractivity contribution < 1.29 is 18.1 Å². The number of amides is 1. The van der Waals surface area contributed by atoms with E-state index >= 15 is 0 Å². The van der Waals surface area contributed by atoms with Crippen LogP contribution in [0.2, 0.25) is 0 Å². The predicted octanol–water partition coefficient (Wildman–Crippen LogP) is 2.93. The van der Waals surface area contributed by atoms with Gasteiger partial charge in [-0.05, 0) is 29.8 Å². The summed E-state index contributed by atoms with van der Waals surface area (Å²) in [5.74, 6) is -0.973. The van der Waals surface area contributed by atoms with Gasteiger partial charge in [-0.3, -0.25) is 9.78 Å². The number of hydrogen-bond acceptors (Lipinski definition) is 5. The van der Waals surface area contributed by atoms with Gasteiger partial charge in [-0.2, -0.15) is 4.98 Å². The molecule has 1 unspecified atom stereocenters. The average Bonchev–Trinajstić information content (AvgIpc) is 3.22. The Bertz CT molecular complexity index is 925. The lowest BCUT2D eigenvalue weighted by Crippen LogP contribution is -2.24. The Morgan fingerprint density at radius 1 is 1.19 bits per heavy atom. The lowest BCUT2D eigenvalue weighted by Gasteiger charge is -2.16. The Morgan fingerprint density at radius 3 is 2.73 bits per heavy atom. The zero-order valence-corrected chi connectivity index (χ0v) is 13.6. The lowest BCUT2D eigenvalue weighted by atomic mass is 10.1. The van der Waals surface area contributed by atoms with E-state index in [2.05, 4.69) is 15.1 Å². The molecule has 4 rings (SSSR count). The van der Waals surface area contributed by atoms with Gasteiger partial charge in [0.25, 0.3) is 5.89 Å². The molecular weight excluding hydrogens is 342 g/mol. The van der Waals surface area contributed by atoms with Crippen LogP contribution in [-0.4, -0.2) is 32.5 Å². The van der Waals surface area contributed by atoms with Gasteiger partial charge in [-0.15, -0.1) is 0 Å². The fraction of sp³-hybridized carbons (Fsp3) is 0.222. The minimum absolute atomic E-state index is 0.121. The number of likely N-dealkylation sites (tertiary alicyclic amines) is 1. The third-order valence-electron chi connectivity index (χ3n) is 4.20. The number of benzene rings is 1. The van der Waals surface area contributed by atoms with Crippen molar-refractivity contribution in [1.82, 2.24) is 20.0 Å². The molecule has 1 aliphatic rings. The van der Waals surface area contributed by atoms with Crippen molar-refractivity contribution in [2.75, 3.05) is 6.54 Å². The molecular formula is C18H14F2N4O2. The Hall–Kier alpha value is -3.16. The van der Waals surface area contributed by atoms with Crippen LogP contribution in [-0.2, 0) is 11.3 Å². The van der Waals surface area contributed by atoms with Crippen LogP contribution in [0.15, 0.2) is 47.1 Å². The van der Waals surface area contributed by atoms with E-state index in [0.29, 0.717) is 29.5 Å². The highest BCUT2D eigenvalue weighted by Crippen LogP contribution is 2.29. The highest BCUT2D eigenvalue weighted by Gasteiger charge is 2.34. The predicted molar refractivity (Wildman–Crippen MR) is 86.7 cm³/mol. The Kier molecular flexibility index (Phi) is 4.16. The number of carbonyl (C=O) groups is 1. The highest BCUT2D eigenvalue weighted by molar-refractivity contribution is 5.79. The van der Waals surface area contributed by atoms with Crippen molar-refractivity contribution in [3.05, 3.63) is 65.6 Å². The van der Waals surface area contributed by atoms with Crippen LogP contribution >= 0.6 is 0 Å². The van der Waals surface area contributed by atoms with Gasteiger partial charge in [-0.25, -0.2) is 8.78 Å². The molecule has 0 radical (unpaired) electrons. The average molecular weight is 356 g/mol. The second-order valence-corrected chi connectivity index (χ2v) is 6.13. The number of hydrogen-bond donors (Lipinski definition) is 0. The Labute approximate surface area is 147 Å². The molecule has 0 aliphatic carbocycles. The van der Waals surface area contributed by atoms with Gasteiger partial charge in [0, 0.05) is 37.7 Å². The van der Waals surface area contributed by atoms with Gasteiger partial charge in [0.05, 0.1) is 0 Å². The van der Waals surface area contributed by atoms with Gasteiger partial charge in [0.15, 0.2) is 5.82 Å². The summed E-state index contributed by atoms with van der Waals surface area (Å²) in [6.45, 7) is 0.493. The standard InChI is InChI=1S/C18H14F2N4O2/c19-13-5-11(6-14(20)8-13)9-24-10-12(7-16(24)25)17-22-18(26-23-17)15-3-1-2-4-21-15/h1-6,8,12H,7,9-10H2. The molecule has 26 heavy (non-hydrogen) atoms. The first-order chi connectivity index (χ1) is 12.6. The maximum atomic E-state index is 13.3. The molecule has 0 N–H and O–H groups in total. The van der Waals surface area contributed by atoms with E-state index in [4.69, 9.17) is 4.52 Å². The van der Waals surface area contributed by atoms with E-state index in [9.17, 15) is 13.6 Å². The number of aromatic nitrogens is 3. The van der Waals surface area contributed by atoms with Crippen molar-refractivity contribution in [1.29, 1.82) is 0 Å². The number of pyridine rings is 1. The van der Waals surface area contributed by atoms with Crippen molar-refractivity contribution in [3.63, 3.8) is 0 Å². The molecule has 3 heterocycles. The van der Waals surface area contributed by atoms with Gasteiger partial charge in [0.1, 0.15) is 17.3 Å². The van der Waals surface area contributed by atoms with E-state index < -0.39 is 11.6 Å². The number of halogens is 2. The molecule has 1 aromatic carbocycles. The molecule has 3 aromatic rings. The summed E-state index contributed by atoms with van der Waals surface area (Å²) >= 11 is 0. The molecule has 0 bridgehead atoms. The highest BCUT2D eigenvalue weighted by atomic mass is 19.1. The smallest absolute Gasteiger partial charge is 0.276 e. The first-order valence-electron chi connectivity index (χ1n) is 8.06. The number of nitrogens with zero attached hydrogens (tertiary/aromatic N) is 4. The minimum atomic E-state index is -0.665. The van der Waals surface area contributed by atoms with Crippen molar-refractivity contribution in [2.24, 2.45) is 0 Å². The van der Waals surface area contributed by atoms with E-state index in [1.54, 1.807) is 18.3 Å².